The van der Waals surface area contributed by atoms with Gasteiger partial charge in [-0.25, -0.2) is 13.1 Å². The molecule has 0 aliphatic rings. The molecule has 0 spiro atoms. The molecule has 0 heterocycles. The van der Waals surface area contributed by atoms with Crippen molar-refractivity contribution < 1.29 is 8.42 Å². The lowest BCUT2D eigenvalue weighted by Crippen LogP contribution is -2.30. The van der Waals surface area contributed by atoms with E-state index in [1.165, 1.54) is 0 Å². The van der Waals surface area contributed by atoms with Crippen LogP contribution in [0.1, 0.15) is 37.4 Å². The molecule has 0 radical (unpaired) electrons. The molecule has 0 fully saturated rings. The maximum atomic E-state index is 12.5. The third-order valence-electron chi connectivity index (χ3n) is 3.50. The predicted molar refractivity (Wildman–Crippen MR) is 98.5 cm³/mol. The molecule has 2 aromatic carbocycles. The van der Waals surface area contributed by atoms with Crippen molar-refractivity contribution in [1.29, 1.82) is 0 Å². The van der Waals surface area contributed by atoms with Crippen LogP contribution in [0.4, 0.5) is 0 Å². The van der Waals surface area contributed by atoms with Crippen LogP contribution >= 0.6 is 15.9 Å². The maximum absolute atomic E-state index is 12.5. The molecule has 0 aliphatic heterocycles. The molecule has 1 unspecified atom stereocenters. The summed E-state index contributed by atoms with van der Waals surface area (Å²) in [6, 6.07) is 16.9. The summed E-state index contributed by atoms with van der Waals surface area (Å²) in [5, 5.41) is 0. The van der Waals surface area contributed by atoms with Crippen LogP contribution in [0, 0.1) is 5.92 Å². The van der Waals surface area contributed by atoms with Gasteiger partial charge >= 0.3 is 0 Å². The van der Waals surface area contributed by atoms with Crippen LogP contribution in [0.3, 0.4) is 0 Å². The van der Waals surface area contributed by atoms with Gasteiger partial charge in [0.2, 0.25) is 10.0 Å². The first-order chi connectivity index (χ1) is 10.9. The van der Waals surface area contributed by atoms with Crippen molar-refractivity contribution in [2.24, 2.45) is 5.92 Å². The summed E-state index contributed by atoms with van der Waals surface area (Å²) in [7, 11) is -3.41. The highest BCUT2D eigenvalue weighted by atomic mass is 79.9. The van der Waals surface area contributed by atoms with E-state index in [-0.39, 0.29) is 11.8 Å². The largest absolute Gasteiger partial charge is 0.216 e. The summed E-state index contributed by atoms with van der Waals surface area (Å²) in [6.45, 7) is 4.19. The lowest BCUT2D eigenvalue weighted by molar-refractivity contribution is 0.472. The van der Waals surface area contributed by atoms with E-state index < -0.39 is 10.0 Å². The van der Waals surface area contributed by atoms with Gasteiger partial charge in [0.1, 0.15) is 0 Å². The summed E-state index contributed by atoms with van der Waals surface area (Å²) in [5.41, 5.74) is 1.78. The van der Waals surface area contributed by atoms with Crippen molar-refractivity contribution in [1.82, 2.24) is 4.72 Å². The van der Waals surface area contributed by atoms with Gasteiger partial charge < -0.3 is 0 Å². The van der Waals surface area contributed by atoms with Gasteiger partial charge in [0.05, 0.1) is 5.75 Å². The molecule has 0 aromatic heterocycles. The van der Waals surface area contributed by atoms with Crippen LogP contribution < -0.4 is 4.72 Å². The van der Waals surface area contributed by atoms with Crippen LogP contribution in [0.2, 0.25) is 0 Å². The van der Waals surface area contributed by atoms with Gasteiger partial charge in [-0.2, -0.15) is 0 Å². The van der Waals surface area contributed by atoms with E-state index in [0.717, 1.165) is 22.0 Å². The number of hydrogen-bond acceptors (Lipinski definition) is 2. The Labute approximate surface area is 147 Å². The standard InChI is InChI=1S/C18H22BrNO2S/c1-14(2)12-18(16-6-4-3-5-7-16)20-23(21,22)13-15-8-10-17(19)11-9-15/h3-11,14,18,20H,12-13H2,1-2H3. The molecule has 0 bridgehead atoms. The average molecular weight is 396 g/mol. The zero-order chi connectivity index (χ0) is 16.9. The number of sulfonamides is 1. The smallest absolute Gasteiger partial charge is 0.212 e. The Bertz CT molecular complexity index is 712. The van der Waals surface area contributed by atoms with Gasteiger partial charge in [-0.3, -0.25) is 0 Å². The fraction of sp³-hybridized carbons (Fsp3) is 0.333. The lowest BCUT2D eigenvalue weighted by atomic mass is 9.98. The summed E-state index contributed by atoms with van der Waals surface area (Å²) in [6.07, 6.45) is 0.767. The van der Waals surface area contributed by atoms with Crippen molar-refractivity contribution in [3.05, 3.63) is 70.2 Å². The second-order valence-corrected chi connectivity index (χ2v) is 8.77. The zero-order valence-corrected chi connectivity index (χ0v) is 15.8. The van der Waals surface area contributed by atoms with Crippen molar-refractivity contribution in [2.45, 2.75) is 32.1 Å². The van der Waals surface area contributed by atoms with E-state index in [1.807, 2.05) is 54.6 Å². The third kappa shape index (κ3) is 6.09. The van der Waals surface area contributed by atoms with Crippen LogP contribution in [0.15, 0.2) is 59.1 Å². The summed E-state index contributed by atoms with van der Waals surface area (Å²) in [4.78, 5) is 0. The molecule has 3 nitrogen and oxygen atoms in total. The molecule has 1 atom stereocenters. The van der Waals surface area contributed by atoms with Crippen LogP contribution in [-0.2, 0) is 15.8 Å². The number of nitrogens with one attached hydrogen (secondary N) is 1. The molecule has 2 aromatic rings. The fourth-order valence-corrected chi connectivity index (χ4v) is 4.11. The Kier molecular flexibility index (Phi) is 6.39. The van der Waals surface area contributed by atoms with E-state index >= 15 is 0 Å². The van der Waals surface area contributed by atoms with Gasteiger partial charge in [-0.15, -0.1) is 0 Å². The Hall–Kier alpha value is -1.17. The third-order valence-corrected chi connectivity index (χ3v) is 5.39. The molecular weight excluding hydrogens is 374 g/mol. The van der Waals surface area contributed by atoms with Gasteiger partial charge in [-0.1, -0.05) is 72.2 Å². The second kappa shape index (κ2) is 8.08. The Morgan fingerprint density at radius 2 is 1.61 bits per heavy atom. The number of halogens is 1. The minimum absolute atomic E-state index is 0.0122. The quantitative estimate of drug-likeness (QED) is 0.740. The number of hydrogen-bond donors (Lipinski definition) is 1. The fourth-order valence-electron chi connectivity index (χ4n) is 2.47. The van der Waals surface area contributed by atoms with Crippen LogP contribution in [0.5, 0.6) is 0 Å². The van der Waals surface area contributed by atoms with E-state index in [9.17, 15) is 8.42 Å². The number of benzene rings is 2. The van der Waals surface area contributed by atoms with Gasteiger partial charge in [-0.05, 0) is 35.6 Å². The molecule has 0 amide bonds. The van der Waals surface area contributed by atoms with E-state index in [0.29, 0.717) is 5.92 Å². The van der Waals surface area contributed by atoms with Crippen molar-refractivity contribution in [2.75, 3.05) is 0 Å². The van der Waals surface area contributed by atoms with Crippen molar-refractivity contribution in [3.63, 3.8) is 0 Å². The maximum Gasteiger partial charge on any atom is 0.216 e. The van der Waals surface area contributed by atoms with Gasteiger partial charge in [0.15, 0.2) is 0 Å². The highest BCUT2D eigenvalue weighted by Crippen LogP contribution is 2.23. The second-order valence-electron chi connectivity index (χ2n) is 6.10. The van der Waals surface area contributed by atoms with E-state index in [2.05, 4.69) is 34.5 Å². The molecule has 0 saturated heterocycles. The van der Waals surface area contributed by atoms with Crippen LogP contribution in [0.25, 0.3) is 0 Å². The zero-order valence-electron chi connectivity index (χ0n) is 13.4. The average Bonchev–Trinajstić information content (AvgIpc) is 2.49. The van der Waals surface area contributed by atoms with Crippen LogP contribution in [-0.4, -0.2) is 8.42 Å². The minimum Gasteiger partial charge on any atom is -0.212 e. The Morgan fingerprint density at radius 1 is 1.00 bits per heavy atom. The molecule has 1 N–H and O–H groups in total. The molecule has 2 rings (SSSR count). The SMILES string of the molecule is CC(C)CC(NS(=O)(=O)Cc1ccc(Br)cc1)c1ccccc1. The molecule has 0 aliphatic carbocycles. The highest BCUT2D eigenvalue weighted by Gasteiger charge is 2.20. The van der Waals surface area contributed by atoms with Gasteiger partial charge in [0.25, 0.3) is 0 Å². The normalized spacial score (nSPS) is 13.2. The Balaban J connectivity index is 2.15. The predicted octanol–water partition coefficient (Wildman–Crippen LogP) is 4.66. The minimum atomic E-state index is -3.41. The monoisotopic (exact) mass is 395 g/mol. The highest BCUT2D eigenvalue weighted by molar-refractivity contribution is 9.10. The molecule has 23 heavy (non-hydrogen) atoms. The molecule has 5 heteroatoms. The molecule has 0 saturated carbocycles. The molecular formula is C18H22BrNO2S. The van der Waals surface area contributed by atoms with Crippen molar-refractivity contribution >= 4 is 26.0 Å². The topological polar surface area (TPSA) is 46.2 Å². The summed E-state index contributed by atoms with van der Waals surface area (Å²) in [5.74, 6) is 0.386. The lowest BCUT2D eigenvalue weighted by Gasteiger charge is -2.21. The van der Waals surface area contributed by atoms with E-state index in [1.54, 1.807) is 0 Å². The first-order valence-electron chi connectivity index (χ1n) is 7.65. The number of rotatable bonds is 7. The van der Waals surface area contributed by atoms with Crippen molar-refractivity contribution in [3.8, 4) is 0 Å². The first-order valence-corrected chi connectivity index (χ1v) is 10.1. The van der Waals surface area contributed by atoms with E-state index in [4.69, 9.17) is 0 Å². The van der Waals surface area contributed by atoms with Gasteiger partial charge in [0, 0.05) is 10.5 Å². The first kappa shape index (κ1) is 18.2. The Morgan fingerprint density at radius 3 is 2.17 bits per heavy atom. The molecule has 124 valence electrons. The summed E-state index contributed by atoms with van der Waals surface area (Å²) >= 11 is 3.36. The summed E-state index contributed by atoms with van der Waals surface area (Å²) < 4.78 is 28.9.